The minimum absolute atomic E-state index is 0.0907. The van der Waals surface area contributed by atoms with Crippen LogP contribution in [0.5, 0.6) is 0 Å². The number of amides is 2. The molecule has 2 N–H and O–H groups in total. The molecule has 0 unspecified atom stereocenters. The van der Waals surface area contributed by atoms with Crippen LogP contribution in [0.3, 0.4) is 0 Å². The second kappa shape index (κ2) is 10.2. The van der Waals surface area contributed by atoms with Gasteiger partial charge in [0.25, 0.3) is 5.91 Å². The van der Waals surface area contributed by atoms with Crippen molar-refractivity contribution in [3.8, 4) is 11.3 Å². The van der Waals surface area contributed by atoms with E-state index in [1.54, 1.807) is 24.3 Å². The van der Waals surface area contributed by atoms with Gasteiger partial charge < -0.3 is 10.6 Å². The molecular weight excluding hydrogens is 400 g/mol. The van der Waals surface area contributed by atoms with Crippen LogP contribution in [0.15, 0.2) is 97.2 Å². The van der Waals surface area contributed by atoms with Crippen molar-refractivity contribution in [2.75, 3.05) is 6.54 Å². The van der Waals surface area contributed by atoms with E-state index < -0.39 is 0 Å². The van der Waals surface area contributed by atoms with Gasteiger partial charge in [-0.25, -0.2) is 0 Å². The van der Waals surface area contributed by atoms with Gasteiger partial charge in [-0.15, -0.1) is 0 Å². The number of hydrogen-bond donors (Lipinski definition) is 2. The fourth-order valence-corrected chi connectivity index (χ4v) is 3.39. The maximum Gasteiger partial charge on any atom is 0.251 e. The Bertz CT molecular complexity index is 1170. The Morgan fingerprint density at radius 1 is 0.781 bits per heavy atom. The fraction of sp³-hybridized carbons (Fsp3) is 0.115. The molecule has 1 heterocycles. The highest BCUT2D eigenvalue weighted by atomic mass is 16.2. The fourth-order valence-electron chi connectivity index (χ4n) is 3.39. The monoisotopic (exact) mass is 424 g/mol. The van der Waals surface area contributed by atoms with Gasteiger partial charge in [-0.05, 0) is 17.7 Å². The van der Waals surface area contributed by atoms with Gasteiger partial charge in [0.2, 0.25) is 5.91 Å². The molecule has 0 saturated carbocycles. The summed E-state index contributed by atoms with van der Waals surface area (Å²) in [6.45, 7) is 0.868. The van der Waals surface area contributed by atoms with E-state index in [2.05, 4.69) is 22.8 Å². The first-order valence-electron chi connectivity index (χ1n) is 10.4. The van der Waals surface area contributed by atoms with E-state index in [0.29, 0.717) is 18.7 Å². The summed E-state index contributed by atoms with van der Waals surface area (Å²) in [6, 6.07) is 28.8. The van der Waals surface area contributed by atoms with Gasteiger partial charge >= 0.3 is 0 Å². The van der Waals surface area contributed by atoms with Crippen LogP contribution in [-0.4, -0.2) is 28.1 Å². The standard InChI is InChI=1S/C26H24N4O2/c31-24(17-28-26(32)22-14-8-3-9-15-22)27-16-23-19-30(18-20-10-4-1-5-11-20)29-25(23)21-12-6-2-7-13-21/h1-15,19H,16-18H2,(H,27,31)(H,28,32). The summed E-state index contributed by atoms with van der Waals surface area (Å²) >= 11 is 0. The third-order valence-electron chi connectivity index (χ3n) is 4.99. The Balaban J connectivity index is 1.42. The molecule has 0 saturated heterocycles. The van der Waals surface area contributed by atoms with Gasteiger partial charge in [0.05, 0.1) is 18.8 Å². The first-order valence-corrected chi connectivity index (χ1v) is 10.4. The quantitative estimate of drug-likeness (QED) is 0.453. The second-order valence-electron chi connectivity index (χ2n) is 7.38. The van der Waals surface area contributed by atoms with E-state index in [1.807, 2.05) is 65.5 Å². The van der Waals surface area contributed by atoms with Crippen molar-refractivity contribution < 1.29 is 9.59 Å². The largest absolute Gasteiger partial charge is 0.350 e. The minimum Gasteiger partial charge on any atom is -0.350 e. The maximum atomic E-state index is 12.3. The predicted octanol–water partition coefficient (Wildman–Crippen LogP) is 3.64. The molecule has 6 nitrogen and oxygen atoms in total. The smallest absolute Gasteiger partial charge is 0.251 e. The molecule has 0 radical (unpaired) electrons. The van der Waals surface area contributed by atoms with Crippen molar-refractivity contribution in [2.45, 2.75) is 13.1 Å². The number of hydrogen-bond acceptors (Lipinski definition) is 3. The molecule has 1 aromatic heterocycles. The van der Waals surface area contributed by atoms with Crippen LogP contribution >= 0.6 is 0 Å². The van der Waals surface area contributed by atoms with Crippen molar-refractivity contribution in [2.24, 2.45) is 0 Å². The van der Waals surface area contributed by atoms with Crippen LogP contribution in [0.25, 0.3) is 11.3 Å². The van der Waals surface area contributed by atoms with Crippen LogP contribution in [0.2, 0.25) is 0 Å². The summed E-state index contributed by atoms with van der Waals surface area (Å²) in [4.78, 5) is 24.5. The number of nitrogens with one attached hydrogen (secondary N) is 2. The summed E-state index contributed by atoms with van der Waals surface area (Å²) in [5.74, 6) is -0.537. The van der Waals surface area contributed by atoms with Gasteiger partial charge in [-0.3, -0.25) is 14.3 Å². The third-order valence-corrected chi connectivity index (χ3v) is 4.99. The zero-order valence-corrected chi connectivity index (χ0v) is 17.6. The molecule has 0 bridgehead atoms. The lowest BCUT2D eigenvalue weighted by Crippen LogP contribution is -2.36. The van der Waals surface area contributed by atoms with E-state index in [1.165, 1.54) is 0 Å². The molecule has 0 spiro atoms. The molecule has 32 heavy (non-hydrogen) atoms. The normalized spacial score (nSPS) is 10.5. The highest BCUT2D eigenvalue weighted by Crippen LogP contribution is 2.22. The molecule has 0 atom stereocenters. The Kier molecular flexibility index (Phi) is 6.72. The third kappa shape index (κ3) is 5.49. The minimum atomic E-state index is -0.276. The van der Waals surface area contributed by atoms with Crippen molar-refractivity contribution in [1.82, 2.24) is 20.4 Å². The lowest BCUT2D eigenvalue weighted by Gasteiger charge is -2.07. The molecule has 4 aromatic rings. The number of rotatable bonds is 8. The Hall–Kier alpha value is -4.19. The Morgan fingerprint density at radius 3 is 2.09 bits per heavy atom. The highest BCUT2D eigenvalue weighted by Gasteiger charge is 2.13. The summed E-state index contributed by atoms with van der Waals surface area (Å²) < 4.78 is 1.89. The van der Waals surface area contributed by atoms with Gasteiger partial charge in [-0.1, -0.05) is 78.9 Å². The molecule has 6 heteroatoms. The van der Waals surface area contributed by atoms with E-state index in [4.69, 9.17) is 5.10 Å². The number of aromatic nitrogens is 2. The summed E-state index contributed by atoms with van der Waals surface area (Å²) in [5.41, 5.74) is 4.40. The zero-order valence-electron chi connectivity index (χ0n) is 17.6. The number of carbonyl (C=O) groups is 2. The number of carbonyl (C=O) groups excluding carboxylic acids is 2. The first-order chi connectivity index (χ1) is 15.7. The van der Waals surface area contributed by atoms with E-state index in [9.17, 15) is 9.59 Å². The Morgan fingerprint density at radius 2 is 1.41 bits per heavy atom. The summed E-state index contributed by atoms with van der Waals surface area (Å²) in [5, 5.41) is 10.3. The average Bonchev–Trinajstić information content (AvgIpc) is 3.25. The number of benzene rings is 3. The molecule has 2 amide bonds. The van der Waals surface area contributed by atoms with Crippen LogP contribution in [-0.2, 0) is 17.9 Å². The van der Waals surface area contributed by atoms with Crippen molar-refractivity contribution in [3.63, 3.8) is 0 Å². The number of nitrogens with zero attached hydrogens (tertiary/aromatic N) is 2. The Labute approximate surface area is 186 Å². The van der Waals surface area contributed by atoms with E-state index >= 15 is 0 Å². The maximum absolute atomic E-state index is 12.3. The molecule has 0 fully saturated rings. The van der Waals surface area contributed by atoms with E-state index in [0.717, 1.165) is 22.4 Å². The summed E-state index contributed by atoms with van der Waals surface area (Å²) in [7, 11) is 0. The van der Waals surface area contributed by atoms with Crippen LogP contribution in [0.1, 0.15) is 21.5 Å². The van der Waals surface area contributed by atoms with Crippen LogP contribution in [0, 0.1) is 0 Å². The molecule has 0 aliphatic heterocycles. The topological polar surface area (TPSA) is 76.0 Å². The van der Waals surface area contributed by atoms with Gasteiger partial charge in [0.15, 0.2) is 0 Å². The molecule has 160 valence electrons. The average molecular weight is 425 g/mol. The molecular formula is C26H24N4O2. The SMILES string of the molecule is O=C(CNC(=O)c1ccccc1)NCc1cn(Cc2ccccc2)nc1-c1ccccc1. The van der Waals surface area contributed by atoms with Crippen molar-refractivity contribution >= 4 is 11.8 Å². The second-order valence-corrected chi connectivity index (χ2v) is 7.38. The molecule has 0 aliphatic carbocycles. The van der Waals surface area contributed by atoms with Gasteiger partial charge in [-0.2, -0.15) is 5.10 Å². The molecule has 0 aliphatic rings. The molecule has 4 rings (SSSR count). The lowest BCUT2D eigenvalue weighted by atomic mass is 10.1. The van der Waals surface area contributed by atoms with Crippen molar-refractivity contribution in [3.05, 3.63) is 114 Å². The summed E-state index contributed by atoms with van der Waals surface area (Å²) in [6.07, 6.45) is 1.96. The van der Waals surface area contributed by atoms with E-state index in [-0.39, 0.29) is 18.4 Å². The first kappa shape index (κ1) is 21.1. The lowest BCUT2D eigenvalue weighted by molar-refractivity contribution is -0.120. The van der Waals surface area contributed by atoms with Gasteiger partial charge in [0, 0.05) is 29.4 Å². The molecule has 3 aromatic carbocycles. The van der Waals surface area contributed by atoms with Gasteiger partial charge in [0.1, 0.15) is 0 Å². The van der Waals surface area contributed by atoms with Crippen LogP contribution < -0.4 is 10.6 Å². The van der Waals surface area contributed by atoms with Crippen LogP contribution in [0.4, 0.5) is 0 Å². The van der Waals surface area contributed by atoms with Crippen molar-refractivity contribution in [1.29, 1.82) is 0 Å². The zero-order chi connectivity index (χ0) is 22.2. The highest BCUT2D eigenvalue weighted by molar-refractivity contribution is 5.96. The predicted molar refractivity (Wildman–Crippen MR) is 124 cm³/mol.